The largest absolute Gasteiger partial charge is 0.466 e. The molecular weight excluding hydrogens is 192 g/mol. The first-order valence-corrected chi connectivity index (χ1v) is 5.56. The van der Waals surface area contributed by atoms with Gasteiger partial charge in [-0.25, -0.2) is 0 Å². The number of nitriles is 1. The maximum absolute atomic E-state index is 11.0. The summed E-state index contributed by atoms with van der Waals surface area (Å²) >= 11 is 0. The summed E-state index contributed by atoms with van der Waals surface area (Å²) in [6.45, 7) is 2.85. The highest BCUT2D eigenvalue weighted by Gasteiger charge is 2.26. The zero-order valence-corrected chi connectivity index (χ0v) is 9.16. The van der Waals surface area contributed by atoms with Crippen molar-refractivity contribution in [2.75, 3.05) is 13.2 Å². The van der Waals surface area contributed by atoms with Crippen molar-refractivity contribution in [3.05, 3.63) is 0 Å². The van der Waals surface area contributed by atoms with Crippen LogP contribution in [0.25, 0.3) is 0 Å². The van der Waals surface area contributed by atoms with Crippen molar-refractivity contribution in [3.63, 3.8) is 0 Å². The minimum absolute atomic E-state index is 0.118. The zero-order chi connectivity index (χ0) is 11.1. The number of hydrogen-bond donors (Lipinski definition) is 1. The third kappa shape index (κ3) is 3.88. The summed E-state index contributed by atoms with van der Waals surface area (Å²) in [7, 11) is 0. The number of nitrogens with one attached hydrogen (secondary N) is 1. The van der Waals surface area contributed by atoms with Crippen LogP contribution in [0.3, 0.4) is 0 Å². The smallest absolute Gasteiger partial charge is 0.307 e. The standard InChI is InChI=1S/C11H18N2O2/c1-2-15-11(14)6-7-13-10-5-3-4-9(10)8-12/h9-10,13H,2-7H2,1H3. The molecule has 0 radical (unpaired) electrons. The Labute approximate surface area is 90.6 Å². The fraction of sp³-hybridized carbons (Fsp3) is 0.818. The van der Waals surface area contributed by atoms with Crippen LogP contribution >= 0.6 is 0 Å². The van der Waals surface area contributed by atoms with Gasteiger partial charge in [0.15, 0.2) is 0 Å². The quantitative estimate of drug-likeness (QED) is 0.693. The van der Waals surface area contributed by atoms with E-state index in [1.165, 1.54) is 0 Å². The first kappa shape index (κ1) is 12.0. The van der Waals surface area contributed by atoms with Crippen LogP contribution in [-0.4, -0.2) is 25.2 Å². The van der Waals surface area contributed by atoms with Crippen LogP contribution in [-0.2, 0) is 9.53 Å². The topological polar surface area (TPSA) is 62.1 Å². The third-order valence-electron chi connectivity index (χ3n) is 2.72. The molecule has 0 saturated heterocycles. The first-order valence-electron chi connectivity index (χ1n) is 5.56. The zero-order valence-electron chi connectivity index (χ0n) is 9.16. The van der Waals surface area contributed by atoms with Crippen LogP contribution in [0.15, 0.2) is 0 Å². The lowest BCUT2D eigenvalue weighted by molar-refractivity contribution is -0.143. The molecular formula is C11H18N2O2. The van der Waals surface area contributed by atoms with Crippen LogP contribution in [0.5, 0.6) is 0 Å². The van der Waals surface area contributed by atoms with E-state index in [-0.39, 0.29) is 17.9 Å². The van der Waals surface area contributed by atoms with Crippen LogP contribution in [0.1, 0.15) is 32.6 Å². The molecule has 1 saturated carbocycles. The Morgan fingerprint density at radius 1 is 1.60 bits per heavy atom. The Kier molecular flexibility index (Phi) is 5.13. The fourth-order valence-corrected chi connectivity index (χ4v) is 1.95. The summed E-state index contributed by atoms with van der Waals surface area (Å²) in [6, 6.07) is 2.57. The van der Waals surface area contributed by atoms with Gasteiger partial charge in [-0.3, -0.25) is 4.79 Å². The van der Waals surface area contributed by atoms with E-state index >= 15 is 0 Å². The fourth-order valence-electron chi connectivity index (χ4n) is 1.95. The number of carbonyl (C=O) groups excluding carboxylic acids is 1. The van der Waals surface area contributed by atoms with Crippen LogP contribution in [0.2, 0.25) is 0 Å². The number of esters is 1. The first-order chi connectivity index (χ1) is 7.27. The lowest BCUT2D eigenvalue weighted by Gasteiger charge is -2.14. The summed E-state index contributed by atoms with van der Waals surface area (Å²) in [5.41, 5.74) is 0. The summed E-state index contributed by atoms with van der Waals surface area (Å²) < 4.78 is 4.82. The van der Waals surface area contributed by atoms with Crippen molar-refractivity contribution in [1.82, 2.24) is 5.32 Å². The third-order valence-corrected chi connectivity index (χ3v) is 2.72. The maximum Gasteiger partial charge on any atom is 0.307 e. The lowest BCUT2D eigenvalue weighted by Crippen LogP contribution is -2.33. The van der Waals surface area contributed by atoms with E-state index in [0.29, 0.717) is 19.6 Å². The van der Waals surface area contributed by atoms with Crippen molar-refractivity contribution in [3.8, 4) is 6.07 Å². The molecule has 0 amide bonds. The number of rotatable bonds is 5. The van der Waals surface area contributed by atoms with E-state index in [0.717, 1.165) is 19.3 Å². The summed E-state index contributed by atoms with van der Waals surface area (Å²) in [4.78, 5) is 11.0. The van der Waals surface area contributed by atoms with E-state index in [1.807, 2.05) is 0 Å². The van der Waals surface area contributed by atoms with Gasteiger partial charge in [0.1, 0.15) is 0 Å². The van der Waals surface area contributed by atoms with Crippen LogP contribution in [0.4, 0.5) is 0 Å². The van der Waals surface area contributed by atoms with E-state index in [4.69, 9.17) is 10.00 Å². The van der Waals surface area contributed by atoms with Crippen molar-refractivity contribution in [1.29, 1.82) is 5.26 Å². The molecule has 1 aliphatic carbocycles. The van der Waals surface area contributed by atoms with Gasteiger partial charge in [-0.1, -0.05) is 6.42 Å². The number of hydrogen-bond acceptors (Lipinski definition) is 4. The Morgan fingerprint density at radius 3 is 3.07 bits per heavy atom. The molecule has 4 heteroatoms. The van der Waals surface area contributed by atoms with Crippen LogP contribution < -0.4 is 5.32 Å². The molecule has 4 nitrogen and oxygen atoms in total. The van der Waals surface area contributed by atoms with E-state index in [9.17, 15) is 4.79 Å². The normalized spacial score (nSPS) is 24.8. The molecule has 0 spiro atoms. The molecule has 1 aliphatic rings. The van der Waals surface area contributed by atoms with Gasteiger partial charge in [-0.05, 0) is 19.8 Å². The van der Waals surface area contributed by atoms with Gasteiger partial charge in [-0.2, -0.15) is 5.26 Å². The van der Waals surface area contributed by atoms with Gasteiger partial charge < -0.3 is 10.1 Å². The van der Waals surface area contributed by atoms with Gasteiger partial charge in [0.05, 0.1) is 25.0 Å². The molecule has 0 heterocycles. The van der Waals surface area contributed by atoms with Gasteiger partial charge >= 0.3 is 5.97 Å². The second kappa shape index (κ2) is 6.41. The van der Waals surface area contributed by atoms with Crippen molar-refractivity contribution in [2.45, 2.75) is 38.6 Å². The average Bonchev–Trinajstić information content (AvgIpc) is 2.66. The monoisotopic (exact) mass is 210 g/mol. The summed E-state index contributed by atoms with van der Waals surface area (Å²) in [5.74, 6) is -0.0521. The Hall–Kier alpha value is -1.08. The van der Waals surface area contributed by atoms with Gasteiger partial charge in [-0.15, -0.1) is 0 Å². The molecule has 0 aromatic heterocycles. The second-order valence-electron chi connectivity index (χ2n) is 3.78. The predicted octanol–water partition coefficient (Wildman–Crippen LogP) is 1.22. The molecule has 0 aromatic carbocycles. The molecule has 1 N–H and O–H groups in total. The van der Waals surface area contributed by atoms with Crippen LogP contribution in [0, 0.1) is 17.2 Å². The lowest BCUT2D eigenvalue weighted by atomic mass is 10.1. The molecule has 84 valence electrons. The molecule has 0 aliphatic heterocycles. The van der Waals surface area contributed by atoms with E-state index in [2.05, 4.69) is 11.4 Å². The van der Waals surface area contributed by atoms with Gasteiger partial charge in [0, 0.05) is 12.6 Å². The number of ether oxygens (including phenoxy) is 1. The van der Waals surface area contributed by atoms with Crippen molar-refractivity contribution >= 4 is 5.97 Å². The Balaban J connectivity index is 2.15. The Bertz CT molecular complexity index is 247. The van der Waals surface area contributed by atoms with E-state index < -0.39 is 0 Å². The van der Waals surface area contributed by atoms with Gasteiger partial charge in [0.2, 0.25) is 0 Å². The average molecular weight is 210 g/mol. The molecule has 1 fully saturated rings. The highest BCUT2D eigenvalue weighted by Crippen LogP contribution is 2.24. The minimum Gasteiger partial charge on any atom is -0.466 e. The van der Waals surface area contributed by atoms with E-state index in [1.54, 1.807) is 6.92 Å². The Morgan fingerprint density at radius 2 is 2.40 bits per heavy atom. The molecule has 2 unspecified atom stereocenters. The number of carbonyl (C=O) groups is 1. The predicted molar refractivity (Wildman–Crippen MR) is 56.0 cm³/mol. The highest BCUT2D eigenvalue weighted by atomic mass is 16.5. The number of nitrogens with zero attached hydrogens (tertiary/aromatic N) is 1. The molecule has 2 atom stereocenters. The minimum atomic E-state index is -0.170. The van der Waals surface area contributed by atoms with Crippen molar-refractivity contribution < 1.29 is 9.53 Å². The summed E-state index contributed by atoms with van der Waals surface area (Å²) in [5, 5.41) is 12.1. The molecule has 15 heavy (non-hydrogen) atoms. The highest BCUT2D eigenvalue weighted by molar-refractivity contribution is 5.69. The second-order valence-corrected chi connectivity index (χ2v) is 3.78. The summed E-state index contributed by atoms with van der Waals surface area (Å²) in [6.07, 6.45) is 3.52. The maximum atomic E-state index is 11.0. The molecule has 1 rings (SSSR count). The SMILES string of the molecule is CCOC(=O)CCNC1CCCC1C#N. The van der Waals surface area contributed by atoms with Gasteiger partial charge in [0.25, 0.3) is 0 Å². The molecule has 0 bridgehead atoms. The molecule has 0 aromatic rings. The van der Waals surface area contributed by atoms with Crippen molar-refractivity contribution in [2.24, 2.45) is 5.92 Å².